The first-order valence-electron chi connectivity index (χ1n) is 8.58. The van der Waals surface area contributed by atoms with Crippen LogP contribution in [0.2, 0.25) is 0 Å². The maximum atomic E-state index is 12.5. The van der Waals surface area contributed by atoms with Gasteiger partial charge in [0, 0.05) is 6.04 Å². The van der Waals surface area contributed by atoms with Crippen molar-refractivity contribution in [3.8, 4) is 0 Å². The van der Waals surface area contributed by atoms with Crippen molar-refractivity contribution in [3.05, 3.63) is 11.4 Å². The number of amides is 1. The number of nitrogens with zero attached hydrogens (tertiary/aromatic N) is 3. The number of hydrogen-bond donors (Lipinski definition) is 2. The first-order valence-corrected chi connectivity index (χ1v) is 8.58. The van der Waals surface area contributed by atoms with Gasteiger partial charge in [-0.1, -0.05) is 25.0 Å². The standard InChI is InChI=1S/C16H27N5O.ClH/c1-11-4-3-5-13(10-11)18-16(22)15-12(2)21(20-19-15)14-6-8-17-9-7-14;/h11,13-14,17H,3-10H2,1-2H3,(H,18,22);1H. The molecule has 1 aromatic heterocycles. The molecule has 1 aliphatic carbocycles. The third-order valence-corrected chi connectivity index (χ3v) is 5.07. The summed E-state index contributed by atoms with van der Waals surface area (Å²) >= 11 is 0. The molecule has 2 atom stereocenters. The van der Waals surface area contributed by atoms with Gasteiger partial charge in [0.1, 0.15) is 0 Å². The van der Waals surface area contributed by atoms with Crippen molar-refractivity contribution < 1.29 is 4.79 Å². The van der Waals surface area contributed by atoms with Gasteiger partial charge in [0.25, 0.3) is 5.91 Å². The summed E-state index contributed by atoms with van der Waals surface area (Å²) in [6.45, 7) is 6.23. The van der Waals surface area contributed by atoms with Crippen LogP contribution in [0.15, 0.2) is 0 Å². The van der Waals surface area contributed by atoms with Crippen molar-refractivity contribution in [2.45, 2.75) is 64.5 Å². The van der Waals surface area contributed by atoms with Gasteiger partial charge >= 0.3 is 0 Å². The summed E-state index contributed by atoms with van der Waals surface area (Å²) in [4.78, 5) is 12.5. The topological polar surface area (TPSA) is 71.8 Å². The predicted molar refractivity (Wildman–Crippen MR) is 92.0 cm³/mol. The summed E-state index contributed by atoms with van der Waals surface area (Å²) in [5, 5.41) is 14.9. The number of nitrogens with one attached hydrogen (secondary N) is 2. The molecule has 1 saturated heterocycles. The highest BCUT2D eigenvalue weighted by Crippen LogP contribution is 2.24. The van der Waals surface area contributed by atoms with Crippen LogP contribution < -0.4 is 10.6 Å². The van der Waals surface area contributed by atoms with E-state index in [0.717, 1.165) is 44.5 Å². The molecule has 3 rings (SSSR count). The maximum Gasteiger partial charge on any atom is 0.273 e. The Balaban J connectivity index is 0.00000192. The zero-order chi connectivity index (χ0) is 15.5. The molecular weight excluding hydrogens is 314 g/mol. The minimum Gasteiger partial charge on any atom is -0.348 e. The Morgan fingerprint density at radius 2 is 2.00 bits per heavy atom. The summed E-state index contributed by atoms with van der Waals surface area (Å²) in [5.74, 6) is 0.641. The average Bonchev–Trinajstić information content (AvgIpc) is 2.90. The van der Waals surface area contributed by atoms with E-state index in [-0.39, 0.29) is 18.3 Å². The van der Waals surface area contributed by atoms with Gasteiger partial charge in [-0.05, 0) is 51.6 Å². The van der Waals surface area contributed by atoms with E-state index in [0.29, 0.717) is 23.7 Å². The van der Waals surface area contributed by atoms with Crippen molar-refractivity contribution in [1.29, 1.82) is 0 Å². The van der Waals surface area contributed by atoms with Crippen LogP contribution in [0.5, 0.6) is 0 Å². The van der Waals surface area contributed by atoms with Gasteiger partial charge in [0.2, 0.25) is 0 Å². The molecule has 6 nitrogen and oxygen atoms in total. The van der Waals surface area contributed by atoms with Crippen LogP contribution in [0.3, 0.4) is 0 Å². The van der Waals surface area contributed by atoms with E-state index >= 15 is 0 Å². The first-order chi connectivity index (χ1) is 10.6. The van der Waals surface area contributed by atoms with Crippen molar-refractivity contribution in [2.75, 3.05) is 13.1 Å². The predicted octanol–water partition coefficient (Wildman–Crippen LogP) is 2.24. The van der Waals surface area contributed by atoms with Crippen LogP contribution >= 0.6 is 12.4 Å². The number of halogens is 1. The van der Waals surface area contributed by atoms with Crippen LogP contribution in [0.25, 0.3) is 0 Å². The molecule has 2 N–H and O–H groups in total. The quantitative estimate of drug-likeness (QED) is 0.884. The Bertz CT molecular complexity index is 527. The second-order valence-corrected chi connectivity index (χ2v) is 6.89. The fraction of sp³-hybridized carbons (Fsp3) is 0.812. The van der Waals surface area contributed by atoms with Crippen LogP contribution in [0.1, 0.15) is 67.7 Å². The molecule has 1 amide bonds. The summed E-state index contributed by atoms with van der Waals surface area (Å²) < 4.78 is 1.94. The third kappa shape index (κ3) is 4.23. The zero-order valence-corrected chi connectivity index (χ0v) is 14.9. The van der Waals surface area contributed by atoms with Gasteiger partial charge in [-0.2, -0.15) is 0 Å². The number of piperidine rings is 1. The maximum absolute atomic E-state index is 12.5. The lowest BCUT2D eigenvalue weighted by molar-refractivity contribution is 0.0915. The minimum absolute atomic E-state index is 0. The molecule has 7 heteroatoms. The molecule has 1 aromatic rings. The van der Waals surface area contributed by atoms with Gasteiger partial charge < -0.3 is 10.6 Å². The van der Waals surface area contributed by atoms with Gasteiger partial charge in [-0.15, -0.1) is 17.5 Å². The second-order valence-electron chi connectivity index (χ2n) is 6.89. The minimum atomic E-state index is -0.0585. The molecule has 0 spiro atoms. The Morgan fingerprint density at radius 3 is 2.70 bits per heavy atom. The molecule has 2 unspecified atom stereocenters. The number of rotatable bonds is 3. The molecule has 0 radical (unpaired) electrons. The molecule has 0 aromatic carbocycles. The van der Waals surface area contributed by atoms with Gasteiger partial charge in [0.05, 0.1) is 11.7 Å². The van der Waals surface area contributed by atoms with Crippen LogP contribution in [0, 0.1) is 12.8 Å². The van der Waals surface area contributed by atoms with Crippen molar-refractivity contribution in [1.82, 2.24) is 25.6 Å². The van der Waals surface area contributed by atoms with Crippen LogP contribution in [0.4, 0.5) is 0 Å². The average molecular weight is 342 g/mol. The van der Waals surface area contributed by atoms with Gasteiger partial charge in [-0.25, -0.2) is 4.68 Å². The van der Waals surface area contributed by atoms with E-state index in [4.69, 9.17) is 0 Å². The molecule has 2 fully saturated rings. The fourth-order valence-corrected chi connectivity index (χ4v) is 3.77. The van der Waals surface area contributed by atoms with E-state index in [2.05, 4.69) is 27.9 Å². The first kappa shape index (κ1) is 18.2. The summed E-state index contributed by atoms with van der Waals surface area (Å²) in [5.41, 5.74) is 1.39. The van der Waals surface area contributed by atoms with E-state index in [1.807, 2.05) is 11.6 Å². The molecular formula is C16H28ClN5O. The van der Waals surface area contributed by atoms with Crippen LogP contribution in [-0.4, -0.2) is 40.0 Å². The number of carbonyl (C=O) groups is 1. The molecule has 130 valence electrons. The Morgan fingerprint density at radius 1 is 1.26 bits per heavy atom. The third-order valence-electron chi connectivity index (χ3n) is 5.07. The Hall–Kier alpha value is -1.14. The molecule has 0 bridgehead atoms. The lowest BCUT2D eigenvalue weighted by atomic mass is 9.87. The lowest BCUT2D eigenvalue weighted by Crippen LogP contribution is -2.38. The molecule has 2 aliphatic rings. The van der Waals surface area contributed by atoms with E-state index < -0.39 is 0 Å². The van der Waals surface area contributed by atoms with Crippen molar-refractivity contribution in [2.24, 2.45) is 5.92 Å². The van der Waals surface area contributed by atoms with Gasteiger partial charge in [-0.3, -0.25) is 4.79 Å². The Kier molecular flexibility index (Phi) is 6.41. The fourth-order valence-electron chi connectivity index (χ4n) is 3.77. The summed E-state index contributed by atoms with van der Waals surface area (Å²) in [6.07, 6.45) is 6.73. The van der Waals surface area contributed by atoms with Crippen molar-refractivity contribution in [3.63, 3.8) is 0 Å². The highest BCUT2D eigenvalue weighted by molar-refractivity contribution is 5.93. The molecule has 23 heavy (non-hydrogen) atoms. The molecule has 2 heterocycles. The lowest BCUT2D eigenvalue weighted by Gasteiger charge is -2.27. The smallest absolute Gasteiger partial charge is 0.273 e. The molecule has 1 aliphatic heterocycles. The second kappa shape index (κ2) is 8.11. The largest absolute Gasteiger partial charge is 0.348 e. The van der Waals surface area contributed by atoms with Crippen LogP contribution in [-0.2, 0) is 0 Å². The van der Waals surface area contributed by atoms with E-state index in [1.165, 1.54) is 12.8 Å². The van der Waals surface area contributed by atoms with E-state index in [1.54, 1.807) is 0 Å². The van der Waals surface area contributed by atoms with Gasteiger partial charge in [0.15, 0.2) is 5.69 Å². The Labute approximate surface area is 144 Å². The van der Waals surface area contributed by atoms with Crippen molar-refractivity contribution >= 4 is 18.3 Å². The highest BCUT2D eigenvalue weighted by Gasteiger charge is 2.26. The monoisotopic (exact) mass is 341 g/mol. The zero-order valence-electron chi connectivity index (χ0n) is 14.0. The SMILES string of the molecule is Cc1c(C(=O)NC2CCCC(C)C2)nnn1C1CCNCC1.Cl. The number of carbonyl (C=O) groups excluding carboxylic acids is 1. The number of hydrogen-bond acceptors (Lipinski definition) is 4. The highest BCUT2D eigenvalue weighted by atomic mass is 35.5. The summed E-state index contributed by atoms with van der Waals surface area (Å²) in [6, 6.07) is 0.657. The normalized spacial score (nSPS) is 25.7. The summed E-state index contributed by atoms with van der Waals surface area (Å²) in [7, 11) is 0. The molecule has 1 saturated carbocycles. The van der Waals surface area contributed by atoms with E-state index in [9.17, 15) is 4.79 Å². The number of aromatic nitrogens is 3.